The normalized spacial score (nSPS) is 15.2. The van der Waals surface area contributed by atoms with Gasteiger partial charge in [0.05, 0.1) is 5.56 Å². The number of carbonyl (C=O) groups is 1. The first-order valence-electron chi connectivity index (χ1n) is 9.10. The van der Waals surface area contributed by atoms with Gasteiger partial charge in [-0.15, -0.1) is 0 Å². The van der Waals surface area contributed by atoms with Crippen LogP contribution in [0, 0.1) is 0 Å². The molecule has 0 atom stereocenters. The Labute approximate surface area is 148 Å². The minimum absolute atomic E-state index is 0.321. The molecule has 126 valence electrons. The van der Waals surface area contributed by atoms with E-state index in [4.69, 9.17) is 4.74 Å². The molecule has 25 heavy (non-hydrogen) atoms. The molecule has 2 nitrogen and oxygen atoms in total. The summed E-state index contributed by atoms with van der Waals surface area (Å²) in [6.07, 6.45) is 6.67. The van der Waals surface area contributed by atoms with Crippen molar-refractivity contribution in [1.29, 1.82) is 0 Å². The summed E-state index contributed by atoms with van der Waals surface area (Å²) in [6, 6.07) is 21.7. The van der Waals surface area contributed by atoms with Crippen LogP contribution in [0.2, 0.25) is 0 Å². The lowest BCUT2D eigenvalue weighted by Crippen LogP contribution is -2.08. The quantitative estimate of drug-likeness (QED) is 0.428. The van der Waals surface area contributed by atoms with Gasteiger partial charge in [-0.25, -0.2) is 4.79 Å². The molecule has 3 aromatic rings. The molecule has 4 rings (SSSR count). The fourth-order valence-corrected chi connectivity index (χ4v) is 3.74. The smallest absolute Gasteiger partial charge is 0.343 e. The standard InChI is InChI=1S/C23H22O2/c24-23(18-9-5-2-6-10-18)25-22-14-13-20-15-19(11-12-21(20)16-22)17-7-3-1-4-8-17/h2,5-6,9-17H,1,3-4,7-8H2. The van der Waals surface area contributed by atoms with Crippen LogP contribution in [0.5, 0.6) is 5.75 Å². The van der Waals surface area contributed by atoms with Crippen molar-refractivity contribution in [2.45, 2.75) is 38.0 Å². The molecule has 1 aliphatic rings. The van der Waals surface area contributed by atoms with E-state index >= 15 is 0 Å². The Kier molecular flexibility index (Phi) is 4.51. The highest BCUT2D eigenvalue weighted by molar-refractivity contribution is 5.92. The maximum Gasteiger partial charge on any atom is 0.343 e. The van der Waals surface area contributed by atoms with Gasteiger partial charge < -0.3 is 4.74 Å². The average molecular weight is 330 g/mol. The minimum Gasteiger partial charge on any atom is -0.423 e. The monoisotopic (exact) mass is 330 g/mol. The van der Waals surface area contributed by atoms with E-state index in [1.807, 2.05) is 30.3 Å². The molecule has 0 aromatic heterocycles. The summed E-state index contributed by atoms with van der Waals surface area (Å²) in [6.45, 7) is 0. The Morgan fingerprint density at radius 1 is 0.800 bits per heavy atom. The van der Waals surface area contributed by atoms with Crippen LogP contribution in [0.1, 0.15) is 53.9 Å². The number of rotatable bonds is 3. The number of fused-ring (bicyclic) bond motifs is 1. The molecule has 2 heteroatoms. The highest BCUT2D eigenvalue weighted by Crippen LogP contribution is 2.34. The van der Waals surface area contributed by atoms with Gasteiger partial charge in [-0.1, -0.05) is 61.7 Å². The zero-order valence-electron chi connectivity index (χ0n) is 14.3. The van der Waals surface area contributed by atoms with Gasteiger partial charge in [0.25, 0.3) is 0 Å². The first-order chi connectivity index (χ1) is 12.3. The van der Waals surface area contributed by atoms with Crippen molar-refractivity contribution in [3.8, 4) is 5.75 Å². The summed E-state index contributed by atoms with van der Waals surface area (Å²) in [5.74, 6) is 0.972. The Morgan fingerprint density at radius 3 is 2.32 bits per heavy atom. The fraction of sp³-hybridized carbons (Fsp3) is 0.261. The van der Waals surface area contributed by atoms with E-state index in [-0.39, 0.29) is 5.97 Å². The van der Waals surface area contributed by atoms with Crippen molar-refractivity contribution in [2.75, 3.05) is 0 Å². The highest BCUT2D eigenvalue weighted by Gasteiger charge is 2.16. The molecule has 0 unspecified atom stereocenters. The first-order valence-corrected chi connectivity index (χ1v) is 9.10. The summed E-state index contributed by atoms with van der Waals surface area (Å²) >= 11 is 0. The topological polar surface area (TPSA) is 26.3 Å². The summed E-state index contributed by atoms with van der Waals surface area (Å²) in [7, 11) is 0. The second kappa shape index (κ2) is 7.10. The molecule has 1 fully saturated rings. The molecule has 0 saturated heterocycles. The maximum absolute atomic E-state index is 12.2. The third-order valence-corrected chi connectivity index (χ3v) is 5.13. The Balaban J connectivity index is 1.55. The van der Waals surface area contributed by atoms with Crippen LogP contribution >= 0.6 is 0 Å². The number of ether oxygens (including phenoxy) is 1. The zero-order valence-corrected chi connectivity index (χ0v) is 14.3. The van der Waals surface area contributed by atoms with E-state index in [0.29, 0.717) is 17.2 Å². The molecule has 0 aliphatic heterocycles. The number of carbonyl (C=O) groups excluding carboxylic acids is 1. The third kappa shape index (κ3) is 3.58. The van der Waals surface area contributed by atoms with Gasteiger partial charge in [-0.2, -0.15) is 0 Å². The number of benzene rings is 3. The Bertz CT molecular complexity index is 877. The van der Waals surface area contributed by atoms with Crippen LogP contribution in [0.4, 0.5) is 0 Å². The van der Waals surface area contributed by atoms with E-state index in [2.05, 4.69) is 24.3 Å². The van der Waals surface area contributed by atoms with Crippen LogP contribution in [0.15, 0.2) is 66.7 Å². The molecule has 0 bridgehead atoms. The average Bonchev–Trinajstić information content (AvgIpc) is 2.69. The predicted molar refractivity (Wildman–Crippen MR) is 101 cm³/mol. The summed E-state index contributed by atoms with van der Waals surface area (Å²) in [4.78, 5) is 12.2. The molecule has 1 aliphatic carbocycles. The summed E-state index contributed by atoms with van der Waals surface area (Å²) in [5.41, 5.74) is 2.01. The van der Waals surface area contributed by atoms with Crippen molar-refractivity contribution in [3.63, 3.8) is 0 Å². The second-order valence-corrected chi connectivity index (χ2v) is 6.86. The number of hydrogen-bond donors (Lipinski definition) is 0. The molecule has 0 radical (unpaired) electrons. The Hall–Kier alpha value is -2.61. The van der Waals surface area contributed by atoms with Crippen molar-refractivity contribution in [2.24, 2.45) is 0 Å². The zero-order chi connectivity index (χ0) is 17.1. The van der Waals surface area contributed by atoms with Crippen molar-refractivity contribution in [1.82, 2.24) is 0 Å². The predicted octanol–water partition coefficient (Wildman–Crippen LogP) is 6.11. The van der Waals surface area contributed by atoms with Crippen molar-refractivity contribution >= 4 is 16.7 Å². The summed E-state index contributed by atoms with van der Waals surface area (Å²) in [5, 5.41) is 2.32. The van der Waals surface area contributed by atoms with Gasteiger partial charge >= 0.3 is 5.97 Å². The molecule has 0 amide bonds. The van der Waals surface area contributed by atoms with Crippen LogP contribution in [0.25, 0.3) is 10.8 Å². The van der Waals surface area contributed by atoms with Gasteiger partial charge in [0.2, 0.25) is 0 Å². The SMILES string of the molecule is O=C(Oc1ccc2cc(C3CCCCC3)ccc2c1)c1ccccc1. The van der Waals surface area contributed by atoms with Crippen LogP contribution < -0.4 is 4.74 Å². The van der Waals surface area contributed by atoms with E-state index in [1.165, 1.54) is 43.1 Å². The van der Waals surface area contributed by atoms with Crippen LogP contribution in [-0.4, -0.2) is 5.97 Å². The molecule has 0 heterocycles. The van der Waals surface area contributed by atoms with E-state index < -0.39 is 0 Å². The van der Waals surface area contributed by atoms with Crippen LogP contribution in [0.3, 0.4) is 0 Å². The number of hydrogen-bond acceptors (Lipinski definition) is 2. The van der Waals surface area contributed by atoms with Crippen molar-refractivity contribution in [3.05, 3.63) is 77.9 Å². The minimum atomic E-state index is -0.321. The van der Waals surface area contributed by atoms with Crippen molar-refractivity contribution < 1.29 is 9.53 Å². The highest BCUT2D eigenvalue weighted by atomic mass is 16.5. The Morgan fingerprint density at radius 2 is 1.52 bits per heavy atom. The van der Waals surface area contributed by atoms with Gasteiger partial charge in [0, 0.05) is 0 Å². The van der Waals surface area contributed by atoms with E-state index in [9.17, 15) is 4.79 Å². The van der Waals surface area contributed by atoms with Gasteiger partial charge in [-0.3, -0.25) is 0 Å². The third-order valence-electron chi connectivity index (χ3n) is 5.13. The first kappa shape index (κ1) is 15.9. The fourth-order valence-electron chi connectivity index (χ4n) is 3.74. The van der Waals surface area contributed by atoms with E-state index in [1.54, 1.807) is 12.1 Å². The lowest BCUT2D eigenvalue weighted by atomic mass is 9.83. The molecular formula is C23H22O2. The van der Waals surface area contributed by atoms with Crippen LogP contribution in [-0.2, 0) is 0 Å². The maximum atomic E-state index is 12.2. The lowest BCUT2D eigenvalue weighted by molar-refractivity contribution is 0.0735. The second-order valence-electron chi connectivity index (χ2n) is 6.86. The largest absolute Gasteiger partial charge is 0.423 e. The molecular weight excluding hydrogens is 308 g/mol. The molecule has 0 N–H and O–H groups in total. The van der Waals surface area contributed by atoms with Gasteiger partial charge in [0.1, 0.15) is 5.75 Å². The van der Waals surface area contributed by atoms with E-state index in [0.717, 1.165) is 5.39 Å². The molecule has 1 saturated carbocycles. The van der Waals surface area contributed by atoms with Gasteiger partial charge in [-0.05, 0) is 59.4 Å². The molecule has 0 spiro atoms. The molecule has 3 aromatic carbocycles. The number of esters is 1. The van der Waals surface area contributed by atoms with Gasteiger partial charge in [0.15, 0.2) is 0 Å². The lowest BCUT2D eigenvalue weighted by Gasteiger charge is -2.22. The summed E-state index contributed by atoms with van der Waals surface area (Å²) < 4.78 is 5.52.